The fraction of sp³-hybridized carbons (Fsp3) is 0.273. The number of halogens is 1. The van der Waals surface area contributed by atoms with E-state index < -0.39 is 0 Å². The van der Waals surface area contributed by atoms with Gasteiger partial charge >= 0.3 is 0 Å². The fourth-order valence-corrected chi connectivity index (χ4v) is 1.22. The molecule has 0 radical (unpaired) electrons. The molecule has 0 saturated carbocycles. The Morgan fingerprint density at radius 3 is 2.85 bits per heavy atom. The summed E-state index contributed by atoms with van der Waals surface area (Å²) in [4.78, 5) is 0. The predicted octanol–water partition coefficient (Wildman–Crippen LogP) is 2.22. The summed E-state index contributed by atoms with van der Waals surface area (Å²) in [5, 5.41) is 3.73. The van der Waals surface area contributed by atoms with Crippen LogP contribution in [0, 0.1) is 18.8 Å². The Morgan fingerprint density at radius 2 is 2.23 bits per heavy atom. The first kappa shape index (κ1) is 10.1. The van der Waals surface area contributed by atoms with E-state index in [4.69, 9.17) is 11.6 Å². The molecule has 1 N–H and O–H groups in total. The number of aryl methyl sites for hydroxylation is 1. The molecule has 0 bridgehead atoms. The Balaban J connectivity index is 2.85. The molecule has 13 heavy (non-hydrogen) atoms. The monoisotopic (exact) mass is 193 g/mol. The summed E-state index contributed by atoms with van der Waals surface area (Å²) in [5.41, 5.74) is 2.16. The van der Waals surface area contributed by atoms with Gasteiger partial charge in [0.25, 0.3) is 0 Å². The molecular formula is C11H12ClN. The number of benzene rings is 1. The highest BCUT2D eigenvalue weighted by Gasteiger charge is 1.94. The van der Waals surface area contributed by atoms with Crippen LogP contribution in [0.5, 0.6) is 0 Å². The van der Waals surface area contributed by atoms with E-state index in [1.54, 1.807) is 0 Å². The summed E-state index contributed by atoms with van der Waals surface area (Å²) in [6.45, 7) is 2.72. The lowest BCUT2D eigenvalue weighted by atomic mass is 10.1. The van der Waals surface area contributed by atoms with Crippen LogP contribution in [0.4, 0.5) is 0 Å². The minimum atomic E-state index is 0.710. The fourth-order valence-electron chi connectivity index (χ4n) is 0.995. The van der Waals surface area contributed by atoms with E-state index in [9.17, 15) is 0 Å². The van der Waals surface area contributed by atoms with Crippen molar-refractivity contribution in [2.24, 2.45) is 0 Å². The first-order chi connectivity index (χ1) is 6.24. The molecule has 2 heteroatoms. The van der Waals surface area contributed by atoms with Crippen molar-refractivity contribution >= 4 is 11.6 Å². The third kappa shape index (κ3) is 3.10. The smallest absolute Gasteiger partial charge is 0.0577 e. The highest BCUT2D eigenvalue weighted by Crippen LogP contribution is 2.13. The molecule has 0 saturated heterocycles. The molecule has 0 atom stereocenters. The summed E-state index contributed by atoms with van der Waals surface area (Å²) in [6, 6.07) is 5.73. The van der Waals surface area contributed by atoms with Crippen LogP contribution in [-0.2, 0) is 0 Å². The third-order valence-electron chi connectivity index (χ3n) is 1.68. The molecule has 0 aliphatic heterocycles. The normalized spacial score (nSPS) is 9.15. The van der Waals surface area contributed by atoms with Gasteiger partial charge in [-0.1, -0.05) is 23.4 Å². The van der Waals surface area contributed by atoms with Crippen LogP contribution in [0.1, 0.15) is 11.1 Å². The van der Waals surface area contributed by atoms with Crippen LogP contribution in [-0.4, -0.2) is 13.6 Å². The Morgan fingerprint density at radius 1 is 1.46 bits per heavy atom. The molecule has 0 unspecified atom stereocenters. The minimum absolute atomic E-state index is 0.710. The second-order valence-corrected chi connectivity index (χ2v) is 3.23. The Kier molecular flexibility index (Phi) is 3.82. The molecule has 0 amide bonds. The van der Waals surface area contributed by atoms with Gasteiger partial charge < -0.3 is 5.32 Å². The van der Waals surface area contributed by atoms with Gasteiger partial charge in [0.1, 0.15) is 0 Å². The van der Waals surface area contributed by atoms with E-state index in [2.05, 4.69) is 17.2 Å². The molecule has 1 aromatic rings. The number of hydrogen-bond donors (Lipinski definition) is 1. The van der Waals surface area contributed by atoms with E-state index in [-0.39, 0.29) is 0 Å². The van der Waals surface area contributed by atoms with Crippen molar-refractivity contribution in [3.05, 3.63) is 34.3 Å². The first-order valence-electron chi connectivity index (χ1n) is 4.13. The maximum atomic E-state index is 5.82. The molecule has 1 rings (SSSR count). The van der Waals surface area contributed by atoms with Crippen LogP contribution in [0.3, 0.4) is 0 Å². The van der Waals surface area contributed by atoms with E-state index in [0.29, 0.717) is 6.54 Å². The summed E-state index contributed by atoms with van der Waals surface area (Å²) >= 11 is 5.82. The van der Waals surface area contributed by atoms with Crippen LogP contribution in [0.2, 0.25) is 5.02 Å². The predicted molar refractivity (Wildman–Crippen MR) is 57.0 cm³/mol. The molecule has 1 nitrogen and oxygen atoms in total. The van der Waals surface area contributed by atoms with Gasteiger partial charge in [0.2, 0.25) is 0 Å². The average molecular weight is 194 g/mol. The van der Waals surface area contributed by atoms with Crippen molar-refractivity contribution in [2.75, 3.05) is 13.6 Å². The average Bonchev–Trinajstić information content (AvgIpc) is 2.09. The molecule has 0 aromatic heterocycles. The minimum Gasteiger partial charge on any atom is -0.309 e. The Hall–Kier alpha value is -0.970. The molecule has 0 spiro atoms. The molecule has 0 aliphatic carbocycles. The lowest BCUT2D eigenvalue weighted by Gasteiger charge is -1.97. The zero-order valence-electron chi connectivity index (χ0n) is 7.82. The summed E-state index contributed by atoms with van der Waals surface area (Å²) in [5.74, 6) is 6.08. The summed E-state index contributed by atoms with van der Waals surface area (Å²) in [7, 11) is 1.88. The van der Waals surface area contributed by atoms with Crippen molar-refractivity contribution in [3.8, 4) is 11.8 Å². The SMILES string of the molecule is CNCC#Cc1ccc(Cl)cc1C. The lowest BCUT2D eigenvalue weighted by molar-refractivity contribution is 0.938. The van der Waals surface area contributed by atoms with Crippen molar-refractivity contribution in [1.29, 1.82) is 0 Å². The van der Waals surface area contributed by atoms with Gasteiger partial charge in [-0.15, -0.1) is 0 Å². The highest BCUT2D eigenvalue weighted by atomic mass is 35.5. The molecule has 0 aliphatic rings. The first-order valence-corrected chi connectivity index (χ1v) is 4.51. The second-order valence-electron chi connectivity index (χ2n) is 2.79. The summed E-state index contributed by atoms with van der Waals surface area (Å²) < 4.78 is 0. The topological polar surface area (TPSA) is 12.0 Å². The molecular weight excluding hydrogens is 182 g/mol. The molecule has 0 fully saturated rings. The van der Waals surface area contributed by atoms with E-state index in [0.717, 1.165) is 16.1 Å². The maximum Gasteiger partial charge on any atom is 0.0577 e. The third-order valence-corrected chi connectivity index (χ3v) is 1.91. The van der Waals surface area contributed by atoms with Gasteiger partial charge in [0.15, 0.2) is 0 Å². The van der Waals surface area contributed by atoms with Gasteiger partial charge in [-0.2, -0.15) is 0 Å². The largest absolute Gasteiger partial charge is 0.309 e. The van der Waals surface area contributed by atoms with Gasteiger partial charge in [0, 0.05) is 10.6 Å². The quantitative estimate of drug-likeness (QED) is 0.675. The Labute approximate surface area is 84.1 Å². The van der Waals surface area contributed by atoms with Crippen LogP contribution >= 0.6 is 11.6 Å². The van der Waals surface area contributed by atoms with E-state index in [1.807, 2.05) is 32.2 Å². The molecule has 1 aromatic carbocycles. The van der Waals surface area contributed by atoms with Gasteiger partial charge in [-0.05, 0) is 37.7 Å². The van der Waals surface area contributed by atoms with Crippen molar-refractivity contribution in [1.82, 2.24) is 5.32 Å². The second kappa shape index (κ2) is 4.91. The van der Waals surface area contributed by atoms with Crippen molar-refractivity contribution in [2.45, 2.75) is 6.92 Å². The standard InChI is InChI=1S/C11H12ClN/c1-9-8-11(12)6-5-10(9)4-3-7-13-2/h5-6,8,13H,7H2,1-2H3. The lowest BCUT2D eigenvalue weighted by Crippen LogP contribution is -2.04. The number of nitrogens with one attached hydrogen (secondary N) is 1. The Bertz CT molecular complexity index is 347. The molecule has 0 heterocycles. The number of hydrogen-bond acceptors (Lipinski definition) is 1. The van der Waals surface area contributed by atoms with Gasteiger partial charge in [-0.25, -0.2) is 0 Å². The number of rotatable bonds is 1. The van der Waals surface area contributed by atoms with Gasteiger partial charge in [0.05, 0.1) is 6.54 Å². The van der Waals surface area contributed by atoms with Crippen LogP contribution in [0.15, 0.2) is 18.2 Å². The maximum absolute atomic E-state index is 5.82. The van der Waals surface area contributed by atoms with Crippen molar-refractivity contribution < 1.29 is 0 Å². The van der Waals surface area contributed by atoms with Crippen LogP contribution < -0.4 is 5.32 Å². The van der Waals surface area contributed by atoms with Crippen molar-refractivity contribution in [3.63, 3.8) is 0 Å². The highest BCUT2D eigenvalue weighted by molar-refractivity contribution is 6.30. The van der Waals surface area contributed by atoms with E-state index in [1.165, 1.54) is 0 Å². The summed E-state index contributed by atoms with van der Waals surface area (Å²) in [6.07, 6.45) is 0. The zero-order valence-corrected chi connectivity index (χ0v) is 8.57. The van der Waals surface area contributed by atoms with Gasteiger partial charge in [-0.3, -0.25) is 0 Å². The molecule has 68 valence electrons. The zero-order chi connectivity index (χ0) is 9.68. The van der Waals surface area contributed by atoms with Crippen LogP contribution in [0.25, 0.3) is 0 Å². The van der Waals surface area contributed by atoms with E-state index >= 15 is 0 Å².